The molecule has 0 aromatic heterocycles. The SMILES string of the molecule is CC(C)(CCO)NC(=O)C1CCCCC1C(F)(F)F. The first-order chi connectivity index (χ1) is 8.67. The zero-order chi connectivity index (χ0) is 14.7. The largest absolute Gasteiger partial charge is 0.396 e. The van der Waals surface area contributed by atoms with Crippen LogP contribution in [0.5, 0.6) is 0 Å². The van der Waals surface area contributed by atoms with Crippen molar-refractivity contribution < 1.29 is 23.1 Å². The van der Waals surface area contributed by atoms with Gasteiger partial charge in [-0.3, -0.25) is 4.79 Å². The first-order valence-electron chi connectivity index (χ1n) is 6.67. The molecule has 0 radical (unpaired) electrons. The molecule has 6 heteroatoms. The first-order valence-corrected chi connectivity index (χ1v) is 6.67. The number of nitrogens with one attached hydrogen (secondary N) is 1. The van der Waals surface area contributed by atoms with Gasteiger partial charge in [0.05, 0.1) is 5.92 Å². The molecule has 1 amide bonds. The number of alkyl halides is 3. The molecule has 2 atom stereocenters. The van der Waals surface area contributed by atoms with E-state index in [1.807, 2.05) is 0 Å². The number of carbonyl (C=O) groups is 1. The number of hydrogen-bond donors (Lipinski definition) is 2. The number of amides is 1. The molecule has 3 nitrogen and oxygen atoms in total. The van der Waals surface area contributed by atoms with Crippen molar-refractivity contribution in [1.29, 1.82) is 0 Å². The average molecular weight is 281 g/mol. The monoisotopic (exact) mass is 281 g/mol. The minimum Gasteiger partial charge on any atom is -0.396 e. The van der Waals surface area contributed by atoms with Gasteiger partial charge in [0.2, 0.25) is 5.91 Å². The van der Waals surface area contributed by atoms with Crippen LogP contribution in [0.15, 0.2) is 0 Å². The summed E-state index contributed by atoms with van der Waals surface area (Å²) in [5.74, 6) is -3.07. The van der Waals surface area contributed by atoms with Gasteiger partial charge in [0.1, 0.15) is 0 Å². The minimum absolute atomic E-state index is 0.0298. The van der Waals surface area contributed by atoms with Gasteiger partial charge in [0, 0.05) is 18.1 Å². The van der Waals surface area contributed by atoms with Crippen LogP contribution in [0.4, 0.5) is 13.2 Å². The molecule has 0 aliphatic heterocycles. The Hall–Kier alpha value is -0.780. The lowest BCUT2D eigenvalue weighted by molar-refractivity contribution is -0.198. The van der Waals surface area contributed by atoms with E-state index >= 15 is 0 Å². The molecule has 2 N–H and O–H groups in total. The molecule has 1 aliphatic rings. The molecule has 0 aromatic rings. The van der Waals surface area contributed by atoms with Gasteiger partial charge >= 0.3 is 6.18 Å². The Morgan fingerprint density at radius 2 is 1.84 bits per heavy atom. The predicted molar refractivity (Wildman–Crippen MR) is 65.4 cm³/mol. The van der Waals surface area contributed by atoms with E-state index < -0.39 is 29.5 Å². The molecular formula is C13H22F3NO2. The molecule has 112 valence electrons. The molecule has 0 spiro atoms. The fourth-order valence-corrected chi connectivity index (χ4v) is 2.60. The molecule has 0 saturated heterocycles. The summed E-state index contributed by atoms with van der Waals surface area (Å²) in [5.41, 5.74) is -0.681. The lowest BCUT2D eigenvalue weighted by atomic mass is 9.78. The van der Waals surface area contributed by atoms with Crippen molar-refractivity contribution in [3.63, 3.8) is 0 Å². The van der Waals surface area contributed by atoms with Gasteiger partial charge < -0.3 is 10.4 Å². The normalized spacial score (nSPS) is 25.2. The molecular weight excluding hydrogens is 259 g/mol. The smallest absolute Gasteiger partial charge is 0.392 e. The van der Waals surface area contributed by atoms with E-state index in [0.29, 0.717) is 19.3 Å². The molecule has 1 fully saturated rings. The summed E-state index contributed by atoms with van der Waals surface area (Å²) in [6.07, 6.45) is -2.50. The van der Waals surface area contributed by atoms with Crippen LogP contribution in [0, 0.1) is 11.8 Å². The molecule has 1 rings (SSSR count). The highest BCUT2D eigenvalue weighted by Gasteiger charge is 2.48. The number of aliphatic hydroxyl groups is 1. The summed E-state index contributed by atoms with van der Waals surface area (Å²) >= 11 is 0. The molecule has 0 heterocycles. The number of hydrogen-bond acceptors (Lipinski definition) is 2. The van der Waals surface area contributed by atoms with Crippen molar-refractivity contribution in [2.24, 2.45) is 11.8 Å². The second-order valence-electron chi connectivity index (χ2n) is 5.89. The maximum Gasteiger partial charge on any atom is 0.392 e. The summed E-state index contributed by atoms with van der Waals surface area (Å²) in [4.78, 5) is 12.1. The van der Waals surface area contributed by atoms with Gasteiger partial charge in [0.25, 0.3) is 0 Å². The van der Waals surface area contributed by atoms with Crippen molar-refractivity contribution in [2.75, 3.05) is 6.61 Å². The highest BCUT2D eigenvalue weighted by molar-refractivity contribution is 5.79. The summed E-state index contributed by atoms with van der Waals surface area (Å²) in [5, 5.41) is 11.5. The summed E-state index contributed by atoms with van der Waals surface area (Å²) in [6, 6.07) is 0. The maximum absolute atomic E-state index is 12.9. The highest BCUT2D eigenvalue weighted by atomic mass is 19.4. The van der Waals surface area contributed by atoms with Crippen molar-refractivity contribution in [2.45, 2.75) is 57.7 Å². The van der Waals surface area contributed by atoms with E-state index in [2.05, 4.69) is 5.32 Å². The van der Waals surface area contributed by atoms with Crippen LogP contribution in [-0.2, 0) is 4.79 Å². The average Bonchev–Trinajstić information content (AvgIpc) is 2.27. The van der Waals surface area contributed by atoms with Crippen molar-refractivity contribution in [1.82, 2.24) is 5.32 Å². The molecule has 1 aliphatic carbocycles. The Morgan fingerprint density at radius 1 is 1.26 bits per heavy atom. The Kier molecular flexibility index (Phi) is 5.24. The van der Waals surface area contributed by atoms with Gasteiger partial charge in [-0.25, -0.2) is 0 Å². The second kappa shape index (κ2) is 6.11. The van der Waals surface area contributed by atoms with E-state index in [1.54, 1.807) is 13.8 Å². The van der Waals surface area contributed by atoms with Crippen LogP contribution >= 0.6 is 0 Å². The number of aliphatic hydroxyl groups excluding tert-OH is 1. The third-order valence-corrected chi connectivity index (χ3v) is 3.72. The third kappa shape index (κ3) is 4.67. The fourth-order valence-electron chi connectivity index (χ4n) is 2.60. The topological polar surface area (TPSA) is 49.3 Å². The Bertz CT molecular complexity index is 316. The Labute approximate surface area is 111 Å². The van der Waals surface area contributed by atoms with E-state index in [1.165, 1.54) is 0 Å². The quantitative estimate of drug-likeness (QED) is 0.832. The van der Waals surface area contributed by atoms with Gasteiger partial charge in [0.15, 0.2) is 0 Å². The van der Waals surface area contributed by atoms with E-state index in [9.17, 15) is 18.0 Å². The maximum atomic E-state index is 12.9. The fraction of sp³-hybridized carbons (Fsp3) is 0.923. The molecule has 1 saturated carbocycles. The Morgan fingerprint density at radius 3 is 2.37 bits per heavy atom. The van der Waals surface area contributed by atoms with Crippen LogP contribution < -0.4 is 5.32 Å². The number of rotatable bonds is 4. The third-order valence-electron chi connectivity index (χ3n) is 3.72. The van der Waals surface area contributed by atoms with Gasteiger partial charge in [-0.1, -0.05) is 12.8 Å². The Balaban J connectivity index is 2.73. The standard InChI is InChI=1S/C13H22F3NO2/c1-12(2,7-8-18)17-11(19)9-5-3-4-6-10(9)13(14,15)16/h9-10,18H,3-8H2,1-2H3,(H,17,19). The lowest BCUT2D eigenvalue weighted by Crippen LogP contribution is -2.50. The van der Waals surface area contributed by atoms with Crippen LogP contribution in [0.1, 0.15) is 46.0 Å². The van der Waals surface area contributed by atoms with Crippen molar-refractivity contribution in [3.05, 3.63) is 0 Å². The van der Waals surface area contributed by atoms with Crippen LogP contribution in [-0.4, -0.2) is 29.3 Å². The summed E-state index contributed by atoms with van der Waals surface area (Å²) in [7, 11) is 0. The first kappa shape index (κ1) is 16.3. The zero-order valence-electron chi connectivity index (χ0n) is 11.4. The van der Waals surface area contributed by atoms with Crippen LogP contribution in [0.25, 0.3) is 0 Å². The number of carbonyl (C=O) groups excluding carboxylic acids is 1. The van der Waals surface area contributed by atoms with Crippen molar-refractivity contribution in [3.8, 4) is 0 Å². The van der Waals surface area contributed by atoms with E-state index in [0.717, 1.165) is 0 Å². The van der Waals surface area contributed by atoms with E-state index in [4.69, 9.17) is 5.11 Å². The molecule has 2 unspecified atom stereocenters. The lowest BCUT2D eigenvalue weighted by Gasteiger charge is -2.35. The second-order valence-corrected chi connectivity index (χ2v) is 5.89. The minimum atomic E-state index is -4.32. The van der Waals surface area contributed by atoms with Gasteiger partial charge in [-0.05, 0) is 33.1 Å². The summed E-state index contributed by atoms with van der Waals surface area (Å²) < 4.78 is 38.7. The number of halogens is 3. The molecule has 0 bridgehead atoms. The van der Waals surface area contributed by atoms with Gasteiger partial charge in [-0.15, -0.1) is 0 Å². The highest BCUT2D eigenvalue weighted by Crippen LogP contribution is 2.41. The van der Waals surface area contributed by atoms with Gasteiger partial charge in [-0.2, -0.15) is 13.2 Å². The summed E-state index contributed by atoms with van der Waals surface area (Å²) in [6.45, 7) is 3.29. The zero-order valence-corrected chi connectivity index (χ0v) is 11.4. The van der Waals surface area contributed by atoms with Crippen molar-refractivity contribution >= 4 is 5.91 Å². The predicted octanol–water partition coefficient (Wildman–Crippen LogP) is 2.63. The van der Waals surface area contributed by atoms with Crippen LogP contribution in [0.2, 0.25) is 0 Å². The molecule has 19 heavy (non-hydrogen) atoms. The van der Waals surface area contributed by atoms with Crippen LogP contribution in [0.3, 0.4) is 0 Å². The molecule has 0 aromatic carbocycles. The van der Waals surface area contributed by atoms with E-state index in [-0.39, 0.29) is 19.4 Å².